The maximum atomic E-state index is 12.3. The monoisotopic (exact) mass is 237 g/mol. The van der Waals surface area contributed by atoms with Crippen LogP contribution in [0.25, 0.3) is 0 Å². The third-order valence-electron chi connectivity index (χ3n) is 3.66. The molecule has 17 heavy (non-hydrogen) atoms. The molecule has 0 bridgehead atoms. The summed E-state index contributed by atoms with van der Waals surface area (Å²) in [5.74, 6) is 2.72. The lowest BCUT2D eigenvalue weighted by Gasteiger charge is -2.38. The highest BCUT2D eigenvalue weighted by atomic mass is 16.2. The standard InChI is InChI=1S/C13H23N3O/c1-4-7-15-8-10-16(11-9-15)12(17)13(14,5-2)6-3/h1H,5-11,14H2,2-3H3. The van der Waals surface area contributed by atoms with Crippen LogP contribution in [-0.4, -0.2) is 54.0 Å². The molecule has 4 nitrogen and oxygen atoms in total. The molecule has 1 rings (SSSR count). The Balaban J connectivity index is 2.54. The number of rotatable bonds is 4. The van der Waals surface area contributed by atoms with E-state index in [1.165, 1.54) is 0 Å². The molecule has 0 aromatic heterocycles. The zero-order chi connectivity index (χ0) is 12.9. The molecule has 0 radical (unpaired) electrons. The fourth-order valence-electron chi connectivity index (χ4n) is 2.11. The number of nitrogens with two attached hydrogens (primary N) is 1. The smallest absolute Gasteiger partial charge is 0.242 e. The van der Waals surface area contributed by atoms with E-state index in [9.17, 15) is 4.79 Å². The Morgan fingerprint density at radius 3 is 2.24 bits per heavy atom. The zero-order valence-corrected chi connectivity index (χ0v) is 10.9. The average Bonchev–Trinajstić information content (AvgIpc) is 2.38. The summed E-state index contributed by atoms with van der Waals surface area (Å²) in [6.07, 6.45) is 6.65. The molecule has 1 saturated heterocycles. The number of hydrogen-bond donors (Lipinski definition) is 1. The molecule has 1 amide bonds. The van der Waals surface area contributed by atoms with Gasteiger partial charge in [-0.15, -0.1) is 6.42 Å². The predicted molar refractivity (Wildman–Crippen MR) is 69.4 cm³/mol. The lowest BCUT2D eigenvalue weighted by atomic mass is 9.92. The van der Waals surface area contributed by atoms with Gasteiger partial charge in [0.1, 0.15) is 0 Å². The highest BCUT2D eigenvalue weighted by molar-refractivity contribution is 5.86. The number of carbonyl (C=O) groups is 1. The predicted octanol–water partition coefficient (Wildman–Crippen LogP) is 0.281. The van der Waals surface area contributed by atoms with E-state index in [1.807, 2.05) is 18.7 Å². The van der Waals surface area contributed by atoms with Gasteiger partial charge in [-0.3, -0.25) is 9.69 Å². The van der Waals surface area contributed by atoms with Gasteiger partial charge in [-0.2, -0.15) is 0 Å². The molecule has 0 unspecified atom stereocenters. The molecule has 0 spiro atoms. The van der Waals surface area contributed by atoms with Gasteiger partial charge in [0.05, 0.1) is 12.1 Å². The third kappa shape index (κ3) is 3.21. The number of nitrogens with zero attached hydrogens (tertiary/aromatic N) is 2. The minimum Gasteiger partial charge on any atom is -0.339 e. The normalized spacial score (nSPS) is 17.9. The molecule has 2 N–H and O–H groups in total. The number of amides is 1. The molecular formula is C13H23N3O. The van der Waals surface area contributed by atoms with Gasteiger partial charge in [0.15, 0.2) is 0 Å². The lowest BCUT2D eigenvalue weighted by Crippen LogP contribution is -2.59. The maximum absolute atomic E-state index is 12.3. The first-order valence-corrected chi connectivity index (χ1v) is 6.31. The van der Waals surface area contributed by atoms with E-state index in [0.29, 0.717) is 19.4 Å². The summed E-state index contributed by atoms with van der Waals surface area (Å²) in [6, 6.07) is 0. The topological polar surface area (TPSA) is 49.6 Å². The molecule has 1 aliphatic rings. The quantitative estimate of drug-likeness (QED) is 0.715. The Hall–Kier alpha value is -1.05. The van der Waals surface area contributed by atoms with Crippen molar-refractivity contribution in [2.45, 2.75) is 32.2 Å². The van der Waals surface area contributed by atoms with Gasteiger partial charge in [0, 0.05) is 26.2 Å². The molecule has 4 heteroatoms. The first kappa shape index (κ1) is 14.0. The summed E-state index contributed by atoms with van der Waals surface area (Å²) in [5.41, 5.74) is 5.44. The van der Waals surface area contributed by atoms with Crippen LogP contribution in [0.1, 0.15) is 26.7 Å². The van der Waals surface area contributed by atoms with Gasteiger partial charge < -0.3 is 10.6 Å². The van der Waals surface area contributed by atoms with Crippen molar-refractivity contribution in [2.24, 2.45) is 5.73 Å². The summed E-state index contributed by atoms with van der Waals surface area (Å²) in [5, 5.41) is 0. The molecule has 0 aromatic carbocycles. The van der Waals surface area contributed by atoms with Crippen molar-refractivity contribution in [3.05, 3.63) is 0 Å². The Kier molecular flexibility index (Phi) is 4.98. The van der Waals surface area contributed by atoms with E-state index in [0.717, 1.165) is 26.2 Å². The van der Waals surface area contributed by atoms with E-state index in [1.54, 1.807) is 0 Å². The molecule has 0 atom stereocenters. The number of piperazine rings is 1. The van der Waals surface area contributed by atoms with Gasteiger partial charge in [-0.05, 0) is 12.8 Å². The first-order chi connectivity index (χ1) is 8.07. The number of hydrogen-bond acceptors (Lipinski definition) is 3. The van der Waals surface area contributed by atoms with E-state index in [-0.39, 0.29) is 5.91 Å². The second-order valence-corrected chi connectivity index (χ2v) is 4.64. The van der Waals surface area contributed by atoms with Gasteiger partial charge >= 0.3 is 0 Å². The van der Waals surface area contributed by atoms with Crippen molar-refractivity contribution in [1.82, 2.24) is 9.80 Å². The molecular weight excluding hydrogens is 214 g/mol. The summed E-state index contributed by atoms with van der Waals surface area (Å²) >= 11 is 0. The highest BCUT2D eigenvalue weighted by Crippen LogP contribution is 2.16. The van der Waals surface area contributed by atoms with Crippen LogP contribution in [0.4, 0.5) is 0 Å². The number of carbonyl (C=O) groups excluding carboxylic acids is 1. The van der Waals surface area contributed by atoms with Crippen LogP contribution in [0.3, 0.4) is 0 Å². The van der Waals surface area contributed by atoms with Gasteiger partial charge in [-0.25, -0.2) is 0 Å². The molecule has 96 valence electrons. The Morgan fingerprint density at radius 1 is 1.29 bits per heavy atom. The van der Waals surface area contributed by atoms with Crippen LogP contribution in [0, 0.1) is 12.3 Å². The minimum atomic E-state index is -0.686. The minimum absolute atomic E-state index is 0.0860. The van der Waals surface area contributed by atoms with Crippen molar-refractivity contribution in [2.75, 3.05) is 32.7 Å². The SMILES string of the molecule is C#CCN1CCN(C(=O)C(N)(CC)CC)CC1. The largest absolute Gasteiger partial charge is 0.339 e. The van der Waals surface area contributed by atoms with Crippen LogP contribution in [0.15, 0.2) is 0 Å². The van der Waals surface area contributed by atoms with E-state index in [4.69, 9.17) is 12.2 Å². The van der Waals surface area contributed by atoms with Crippen LogP contribution in [-0.2, 0) is 4.79 Å². The summed E-state index contributed by atoms with van der Waals surface area (Å²) in [6.45, 7) is 7.77. The zero-order valence-electron chi connectivity index (χ0n) is 10.9. The highest BCUT2D eigenvalue weighted by Gasteiger charge is 2.35. The molecule has 0 aliphatic carbocycles. The molecule has 1 heterocycles. The van der Waals surface area contributed by atoms with Gasteiger partial charge in [0.2, 0.25) is 5.91 Å². The Morgan fingerprint density at radius 2 is 1.82 bits per heavy atom. The van der Waals surface area contributed by atoms with Crippen molar-refractivity contribution in [3.8, 4) is 12.3 Å². The van der Waals surface area contributed by atoms with Gasteiger partial charge in [-0.1, -0.05) is 19.8 Å². The summed E-state index contributed by atoms with van der Waals surface area (Å²) < 4.78 is 0. The summed E-state index contributed by atoms with van der Waals surface area (Å²) in [4.78, 5) is 16.3. The van der Waals surface area contributed by atoms with Crippen LogP contribution in [0.5, 0.6) is 0 Å². The van der Waals surface area contributed by atoms with Crippen molar-refractivity contribution in [1.29, 1.82) is 0 Å². The van der Waals surface area contributed by atoms with Crippen molar-refractivity contribution >= 4 is 5.91 Å². The van der Waals surface area contributed by atoms with Crippen molar-refractivity contribution in [3.63, 3.8) is 0 Å². The van der Waals surface area contributed by atoms with E-state index < -0.39 is 5.54 Å². The molecule has 1 fully saturated rings. The molecule has 0 saturated carbocycles. The van der Waals surface area contributed by atoms with E-state index in [2.05, 4.69) is 10.8 Å². The first-order valence-electron chi connectivity index (χ1n) is 6.31. The Bertz CT molecular complexity index is 296. The average molecular weight is 237 g/mol. The van der Waals surface area contributed by atoms with Crippen LogP contribution in [0.2, 0.25) is 0 Å². The fourth-order valence-corrected chi connectivity index (χ4v) is 2.11. The Labute approximate surface area is 104 Å². The third-order valence-corrected chi connectivity index (χ3v) is 3.66. The maximum Gasteiger partial charge on any atom is 0.242 e. The lowest BCUT2D eigenvalue weighted by molar-refractivity contribution is -0.139. The summed E-state index contributed by atoms with van der Waals surface area (Å²) in [7, 11) is 0. The fraction of sp³-hybridized carbons (Fsp3) is 0.769. The van der Waals surface area contributed by atoms with Gasteiger partial charge in [0.25, 0.3) is 0 Å². The molecule has 0 aromatic rings. The van der Waals surface area contributed by atoms with Crippen LogP contribution >= 0.6 is 0 Å². The number of terminal acetylenes is 1. The van der Waals surface area contributed by atoms with Crippen LogP contribution < -0.4 is 5.73 Å². The second kappa shape index (κ2) is 6.04. The van der Waals surface area contributed by atoms with Crippen molar-refractivity contribution < 1.29 is 4.79 Å². The van der Waals surface area contributed by atoms with E-state index >= 15 is 0 Å². The molecule has 1 aliphatic heterocycles. The second-order valence-electron chi connectivity index (χ2n) is 4.64.